The van der Waals surface area contributed by atoms with Crippen LogP contribution in [0, 0.1) is 17.5 Å². The smallest absolute Gasteiger partial charge is 0.149 e. The maximum Gasteiger partial charge on any atom is 0.149 e. The Morgan fingerprint density at radius 3 is 2.10 bits per heavy atom. The molecule has 1 atom stereocenters. The average Bonchev–Trinajstić information content (AvgIpc) is 2.42. The average molecular weight is 281 g/mol. The van der Waals surface area contributed by atoms with E-state index in [0.29, 0.717) is 5.75 Å². The number of rotatable bonds is 4. The Morgan fingerprint density at radius 2 is 1.50 bits per heavy atom. The molecule has 0 saturated heterocycles. The molecule has 0 spiro atoms. The Morgan fingerprint density at radius 1 is 0.950 bits per heavy atom. The second-order valence-electron chi connectivity index (χ2n) is 4.32. The second-order valence-corrected chi connectivity index (χ2v) is 4.32. The third-order valence-electron chi connectivity index (χ3n) is 2.99. The van der Waals surface area contributed by atoms with Gasteiger partial charge in [-0.3, -0.25) is 0 Å². The molecule has 1 unspecified atom stereocenters. The quantitative estimate of drug-likeness (QED) is 0.902. The van der Waals surface area contributed by atoms with E-state index in [1.165, 1.54) is 25.3 Å². The number of halogens is 3. The predicted octanol–water partition coefficient (Wildman–Crippen LogP) is 4.29. The van der Waals surface area contributed by atoms with Crippen molar-refractivity contribution in [1.29, 1.82) is 0 Å². The fourth-order valence-corrected chi connectivity index (χ4v) is 2.04. The van der Waals surface area contributed by atoms with E-state index in [1.807, 2.05) is 0 Å². The molecule has 1 N–H and O–H groups in total. The highest BCUT2D eigenvalue weighted by Gasteiger charge is 2.19. The summed E-state index contributed by atoms with van der Waals surface area (Å²) in [6.07, 6.45) is 0. The molecule has 0 fully saturated rings. The standard InChI is InChI=1S/C15H14F3NO/c1-9(14-10(16)5-4-8-13(14)20-2)19-15-11(17)6-3-7-12(15)18/h3-9,19H,1-2H3. The summed E-state index contributed by atoms with van der Waals surface area (Å²) < 4.78 is 46.1. The van der Waals surface area contributed by atoms with E-state index in [1.54, 1.807) is 13.0 Å². The van der Waals surface area contributed by atoms with Crippen molar-refractivity contribution in [1.82, 2.24) is 0 Å². The highest BCUT2D eigenvalue weighted by molar-refractivity contribution is 5.50. The first-order valence-electron chi connectivity index (χ1n) is 6.07. The first kappa shape index (κ1) is 14.2. The topological polar surface area (TPSA) is 21.3 Å². The van der Waals surface area contributed by atoms with E-state index >= 15 is 0 Å². The third kappa shape index (κ3) is 2.71. The third-order valence-corrected chi connectivity index (χ3v) is 2.99. The van der Waals surface area contributed by atoms with Crippen LogP contribution in [-0.2, 0) is 0 Å². The highest BCUT2D eigenvalue weighted by atomic mass is 19.1. The molecule has 2 aromatic rings. The Balaban J connectivity index is 2.36. The maximum atomic E-state index is 13.9. The summed E-state index contributed by atoms with van der Waals surface area (Å²) in [5.41, 5.74) is -0.0667. The lowest BCUT2D eigenvalue weighted by molar-refractivity contribution is 0.402. The number of methoxy groups -OCH3 is 1. The van der Waals surface area contributed by atoms with Crippen molar-refractivity contribution in [3.8, 4) is 5.75 Å². The van der Waals surface area contributed by atoms with Crippen LogP contribution >= 0.6 is 0 Å². The number of ether oxygens (including phenoxy) is 1. The summed E-state index contributed by atoms with van der Waals surface area (Å²) in [5, 5.41) is 2.64. The molecule has 0 aliphatic carbocycles. The molecular weight excluding hydrogens is 267 g/mol. The molecule has 5 heteroatoms. The molecule has 0 aliphatic heterocycles. The summed E-state index contributed by atoms with van der Waals surface area (Å²) in [6, 6.07) is 7.26. The normalized spacial score (nSPS) is 12.1. The molecule has 0 radical (unpaired) electrons. The fraction of sp³-hybridized carbons (Fsp3) is 0.200. The summed E-state index contributed by atoms with van der Waals surface area (Å²) in [7, 11) is 1.41. The number of benzene rings is 2. The van der Waals surface area contributed by atoms with Gasteiger partial charge in [-0.2, -0.15) is 0 Å². The van der Waals surface area contributed by atoms with Crippen LogP contribution in [0.3, 0.4) is 0 Å². The van der Waals surface area contributed by atoms with Gasteiger partial charge in [-0.1, -0.05) is 12.1 Å². The van der Waals surface area contributed by atoms with Gasteiger partial charge < -0.3 is 10.1 Å². The molecule has 2 rings (SSSR count). The van der Waals surface area contributed by atoms with E-state index in [2.05, 4.69) is 5.32 Å². The van der Waals surface area contributed by atoms with Gasteiger partial charge in [0, 0.05) is 0 Å². The molecule has 0 aromatic heterocycles. The van der Waals surface area contributed by atoms with Crippen LogP contribution in [0.4, 0.5) is 18.9 Å². The van der Waals surface area contributed by atoms with Gasteiger partial charge >= 0.3 is 0 Å². The predicted molar refractivity (Wildman–Crippen MR) is 71.3 cm³/mol. The minimum atomic E-state index is -0.729. The van der Waals surface area contributed by atoms with Gasteiger partial charge in [0.1, 0.15) is 28.9 Å². The largest absolute Gasteiger partial charge is 0.496 e. The minimum Gasteiger partial charge on any atom is -0.496 e. The van der Waals surface area contributed by atoms with Crippen LogP contribution < -0.4 is 10.1 Å². The van der Waals surface area contributed by atoms with Gasteiger partial charge in [-0.25, -0.2) is 13.2 Å². The molecule has 0 saturated carbocycles. The van der Waals surface area contributed by atoms with E-state index in [-0.39, 0.29) is 11.3 Å². The molecular formula is C15H14F3NO. The van der Waals surface area contributed by atoms with Crippen LogP contribution in [0.2, 0.25) is 0 Å². The zero-order chi connectivity index (χ0) is 14.7. The zero-order valence-electron chi connectivity index (χ0n) is 11.1. The van der Waals surface area contributed by atoms with E-state index in [4.69, 9.17) is 4.74 Å². The monoisotopic (exact) mass is 281 g/mol. The minimum absolute atomic E-state index is 0.220. The Bertz CT molecular complexity index is 596. The van der Waals surface area contributed by atoms with Crippen LogP contribution in [0.15, 0.2) is 36.4 Å². The summed E-state index contributed by atoms with van der Waals surface area (Å²) >= 11 is 0. The summed E-state index contributed by atoms with van der Waals surface area (Å²) in [5.74, 6) is -1.64. The van der Waals surface area contributed by atoms with Gasteiger partial charge in [-0.15, -0.1) is 0 Å². The van der Waals surface area contributed by atoms with E-state index in [0.717, 1.165) is 12.1 Å². The van der Waals surface area contributed by atoms with Gasteiger partial charge in [0.25, 0.3) is 0 Å². The Hall–Kier alpha value is -2.17. The molecule has 0 heterocycles. The van der Waals surface area contributed by atoms with Crippen LogP contribution in [-0.4, -0.2) is 7.11 Å². The van der Waals surface area contributed by atoms with Crippen molar-refractivity contribution in [2.24, 2.45) is 0 Å². The van der Waals surface area contributed by atoms with Crippen molar-refractivity contribution in [2.75, 3.05) is 12.4 Å². The molecule has 0 amide bonds. The van der Waals surface area contributed by atoms with Crippen molar-refractivity contribution in [2.45, 2.75) is 13.0 Å². The van der Waals surface area contributed by atoms with Crippen LogP contribution in [0.1, 0.15) is 18.5 Å². The van der Waals surface area contributed by atoms with E-state index in [9.17, 15) is 13.2 Å². The highest BCUT2D eigenvalue weighted by Crippen LogP contribution is 2.31. The van der Waals surface area contributed by atoms with Crippen LogP contribution in [0.25, 0.3) is 0 Å². The number of nitrogens with one attached hydrogen (secondary N) is 1. The van der Waals surface area contributed by atoms with Crippen molar-refractivity contribution >= 4 is 5.69 Å². The SMILES string of the molecule is COc1cccc(F)c1C(C)Nc1c(F)cccc1F. The molecule has 2 aromatic carbocycles. The first-order chi connectivity index (χ1) is 9.54. The van der Waals surface area contributed by atoms with Gasteiger partial charge in [-0.05, 0) is 31.2 Å². The van der Waals surface area contributed by atoms with Crippen LogP contribution in [0.5, 0.6) is 5.75 Å². The summed E-state index contributed by atoms with van der Waals surface area (Å²) in [6.45, 7) is 1.60. The number of anilines is 1. The lowest BCUT2D eigenvalue weighted by Crippen LogP contribution is -2.12. The number of para-hydroxylation sites is 1. The number of hydrogen-bond donors (Lipinski definition) is 1. The Labute approximate surface area is 115 Å². The van der Waals surface area contributed by atoms with Crippen molar-refractivity contribution in [3.63, 3.8) is 0 Å². The number of hydrogen-bond acceptors (Lipinski definition) is 2. The van der Waals surface area contributed by atoms with Gasteiger partial charge in [0.2, 0.25) is 0 Å². The molecule has 0 bridgehead atoms. The molecule has 0 aliphatic rings. The lowest BCUT2D eigenvalue weighted by Gasteiger charge is -2.19. The molecule has 2 nitrogen and oxygen atoms in total. The van der Waals surface area contributed by atoms with Gasteiger partial charge in [0.15, 0.2) is 0 Å². The Kier molecular flexibility index (Phi) is 4.17. The van der Waals surface area contributed by atoms with Crippen molar-refractivity contribution < 1.29 is 17.9 Å². The lowest BCUT2D eigenvalue weighted by atomic mass is 10.1. The zero-order valence-corrected chi connectivity index (χ0v) is 11.1. The summed E-state index contributed by atoms with van der Waals surface area (Å²) in [4.78, 5) is 0. The first-order valence-corrected chi connectivity index (χ1v) is 6.07. The van der Waals surface area contributed by atoms with E-state index < -0.39 is 23.5 Å². The fourth-order valence-electron chi connectivity index (χ4n) is 2.04. The van der Waals surface area contributed by atoms with Crippen molar-refractivity contribution in [3.05, 3.63) is 59.4 Å². The second kappa shape index (κ2) is 5.86. The molecule has 106 valence electrons. The maximum absolute atomic E-state index is 13.9. The molecule has 20 heavy (non-hydrogen) atoms. The van der Waals surface area contributed by atoms with Gasteiger partial charge in [0.05, 0.1) is 18.7 Å².